The van der Waals surface area contributed by atoms with Crippen molar-refractivity contribution in [3.8, 4) is 0 Å². The molecule has 0 saturated carbocycles. The highest BCUT2D eigenvalue weighted by Crippen LogP contribution is 2.06. The van der Waals surface area contributed by atoms with E-state index in [2.05, 4.69) is 23.3 Å². The molecule has 118 valence electrons. The van der Waals surface area contributed by atoms with E-state index in [1.54, 1.807) is 20.8 Å². The molecule has 6 nitrogen and oxygen atoms in total. The molecule has 0 bridgehead atoms. The molecule has 0 aliphatic carbocycles. The van der Waals surface area contributed by atoms with Crippen LogP contribution in [0.5, 0.6) is 0 Å². The quantitative estimate of drug-likeness (QED) is 0.498. The zero-order chi connectivity index (χ0) is 16.0. The Morgan fingerprint density at radius 2 is 1.80 bits per heavy atom. The van der Waals surface area contributed by atoms with Gasteiger partial charge in [-0.3, -0.25) is 4.79 Å². The Hall–Kier alpha value is -0.950. The number of ether oxygens (including phenoxy) is 1. The van der Waals surface area contributed by atoms with E-state index in [4.69, 9.17) is 4.74 Å². The van der Waals surface area contributed by atoms with Gasteiger partial charge in [0.1, 0.15) is 11.6 Å². The van der Waals surface area contributed by atoms with Crippen LogP contribution >= 0.6 is 12.6 Å². The fourth-order valence-corrected chi connectivity index (χ4v) is 1.54. The first-order valence-electron chi connectivity index (χ1n) is 6.63. The summed E-state index contributed by atoms with van der Waals surface area (Å²) in [6.45, 7) is 6.65. The molecule has 0 aliphatic rings. The average Bonchev–Trinajstić information content (AvgIpc) is 2.21. The van der Waals surface area contributed by atoms with E-state index in [1.165, 1.54) is 0 Å². The lowest BCUT2D eigenvalue weighted by Crippen LogP contribution is -2.51. The smallest absolute Gasteiger partial charge is 0.408 e. The Labute approximate surface area is 127 Å². The third kappa shape index (κ3) is 9.91. The lowest BCUT2D eigenvalue weighted by Gasteiger charge is -2.25. The van der Waals surface area contributed by atoms with Gasteiger partial charge in [-0.05, 0) is 20.8 Å². The number of nitrogens with one attached hydrogen (secondary N) is 2. The first-order valence-corrected chi connectivity index (χ1v) is 7.26. The van der Waals surface area contributed by atoms with Crippen LogP contribution in [0.2, 0.25) is 0 Å². The van der Waals surface area contributed by atoms with Crippen LogP contribution < -0.4 is 10.6 Å². The van der Waals surface area contributed by atoms with Crippen LogP contribution in [0.3, 0.4) is 0 Å². The van der Waals surface area contributed by atoms with Crippen LogP contribution in [0.4, 0.5) is 4.79 Å². The van der Waals surface area contributed by atoms with Crippen LogP contribution in [0.15, 0.2) is 0 Å². The summed E-state index contributed by atoms with van der Waals surface area (Å²) in [5.74, 6) is -0.0329. The number of nitrogens with zero attached hydrogens (tertiary/aromatic N) is 1. The van der Waals surface area contributed by atoms with E-state index in [9.17, 15) is 9.59 Å². The van der Waals surface area contributed by atoms with Gasteiger partial charge in [0.15, 0.2) is 0 Å². The number of amides is 2. The number of quaternary nitrogens is 1. The Kier molecular flexibility index (Phi) is 7.37. The summed E-state index contributed by atoms with van der Waals surface area (Å²) < 4.78 is 5.87. The highest BCUT2D eigenvalue weighted by Gasteiger charge is 2.23. The normalized spacial score (nSPS) is 13.6. The second kappa shape index (κ2) is 7.73. The molecule has 0 spiro atoms. The number of hydrogen-bond donors (Lipinski definition) is 3. The molecule has 1 atom stereocenters. The summed E-state index contributed by atoms with van der Waals surface area (Å²) in [6, 6.07) is -0.694. The first kappa shape index (κ1) is 19.1. The molecule has 0 aromatic rings. The number of carbonyl (C=O) groups is 2. The molecule has 0 unspecified atom stereocenters. The highest BCUT2D eigenvalue weighted by molar-refractivity contribution is 7.80. The van der Waals surface area contributed by atoms with Crippen LogP contribution in [0, 0.1) is 0 Å². The molecule has 0 fully saturated rings. The van der Waals surface area contributed by atoms with E-state index in [-0.39, 0.29) is 11.7 Å². The van der Waals surface area contributed by atoms with E-state index >= 15 is 0 Å². The molecular formula is C13H28N3O3S+. The lowest BCUT2D eigenvalue weighted by atomic mass is 10.2. The molecule has 0 aromatic carbocycles. The minimum atomic E-state index is -0.694. The van der Waals surface area contributed by atoms with Crippen molar-refractivity contribution in [1.29, 1.82) is 0 Å². The van der Waals surface area contributed by atoms with Gasteiger partial charge in [0.25, 0.3) is 0 Å². The number of alkyl carbamates (subject to hydrolysis) is 1. The molecule has 2 amide bonds. The van der Waals surface area contributed by atoms with E-state index in [0.717, 1.165) is 11.0 Å². The first-order chi connectivity index (χ1) is 8.94. The summed E-state index contributed by atoms with van der Waals surface area (Å²) in [6.07, 6.45) is -0.613. The van der Waals surface area contributed by atoms with Crippen molar-refractivity contribution in [2.45, 2.75) is 32.4 Å². The monoisotopic (exact) mass is 306 g/mol. The van der Waals surface area contributed by atoms with Gasteiger partial charge in [-0.1, -0.05) is 0 Å². The van der Waals surface area contributed by atoms with Crippen molar-refractivity contribution in [2.24, 2.45) is 0 Å². The minimum Gasteiger partial charge on any atom is -0.444 e. The van der Waals surface area contributed by atoms with Crippen molar-refractivity contribution < 1.29 is 18.8 Å². The Morgan fingerprint density at radius 1 is 1.25 bits per heavy atom. The summed E-state index contributed by atoms with van der Waals surface area (Å²) >= 11 is 4.09. The fraction of sp³-hybridized carbons (Fsp3) is 0.846. The zero-order valence-electron chi connectivity index (χ0n) is 13.3. The largest absolute Gasteiger partial charge is 0.444 e. The van der Waals surface area contributed by atoms with E-state index < -0.39 is 17.7 Å². The molecule has 20 heavy (non-hydrogen) atoms. The Morgan fingerprint density at radius 3 is 2.20 bits per heavy atom. The van der Waals surface area contributed by atoms with Gasteiger partial charge in [0.2, 0.25) is 5.91 Å². The van der Waals surface area contributed by atoms with Crippen molar-refractivity contribution in [3.63, 3.8) is 0 Å². The fourth-order valence-electron chi connectivity index (χ4n) is 1.28. The molecule has 0 aliphatic heterocycles. The predicted molar refractivity (Wildman–Crippen MR) is 82.9 cm³/mol. The number of carbonyl (C=O) groups excluding carboxylic acids is 2. The molecule has 0 heterocycles. The van der Waals surface area contributed by atoms with Gasteiger partial charge >= 0.3 is 6.09 Å². The summed E-state index contributed by atoms with van der Waals surface area (Å²) in [5.41, 5.74) is -0.592. The molecule has 2 N–H and O–H groups in total. The third-order valence-electron chi connectivity index (χ3n) is 2.27. The molecule has 0 rings (SSSR count). The standard InChI is InChI=1S/C13H27N3O3S/c1-13(2,3)19-12(18)15-10(9-20)11(17)14-7-8-16(4,5)6/h10H,7-9H2,1-6H3,(H2-,14,15,17,18,20)/p+1/t10-/m0/s1. The van der Waals surface area contributed by atoms with Crippen LogP contribution in [-0.2, 0) is 9.53 Å². The second-order valence-corrected chi connectivity index (χ2v) is 7.05. The molecular weight excluding hydrogens is 278 g/mol. The van der Waals surface area contributed by atoms with Crippen molar-refractivity contribution in [2.75, 3.05) is 40.0 Å². The van der Waals surface area contributed by atoms with Gasteiger partial charge in [-0.2, -0.15) is 12.6 Å². The molecule has 0 aromatic heterocycles. The number of hydrogen-bond acceptors (Lipinski definition) is 4. The minimum absolute atomic E-state index is 0.218. The van der Waals surface area contributed by atoms with Gasteiger partial charge in [-0.15, -0.1) is 0 Å². The van der Waals surface area contributed by atoms with E-state index in [0.29, 0.717) is 6.54 Å². The summed E-state index contributed by atoms with van der Waals surface area (Å²) in [7, 11) is 6.13. The maximum Gasteiger partial charge on any atom is 0.408 e. The van der Waals surface area contributed by atoms with Crippen LogP contribution in [0.25, 0.3) is 0 Å². The SMILES string of the molecule is CC(C)(C)OC(=O)N[C@@H](CS)C(=O)NCC[N+](C)(C)C. The van der Waals surface area contributed by atoms with Crippen LogP contribution in [-0.4, -0.2) is 68.1 Å². The van der Waals surface area contributed by atoms with Crippen LogP contribution in [0.1, 0.15) is 20.8 Å². The Bertz CT molecular complexity index is 335. The van der Waals surface area contributed by atoms with Crippen molar-refractivity contribution in [1.82, 2.24) is 10.6 Å². The van der Waals surface area contributed by atoms with Gasteiger partial charge in [0, 0.05) is 5.75 Å². The summed E-state index contributed by atoms with van der Waals surface area (Å²) in [4.78, 5) is 23.5. The maximum atomic E-state index is 11.9. The van der Waals surface area contributed by atoms with E-state index in [1.807, 2.05) is 21.1 Å². The molecule has 7 heteroatoms. The second-order valence-electron chi connectivity index (χ2n) is 6.69. The highest BCUT2D eigenvalue weighted by atomic mass is 32.1. The zero-order valence-corrected chi connectivity index (χ0v) is 14.2. The number of likely N-dealkylation sites (N-methyl/N-ethyl adjacent to an activating group) is 1. The van der Waals surface area contributed by atoms with Gasteiger partial charge < -0.3 is 19.9 Å². The van der Waals surface area contributed by atoms with Crippen molar-refractivity contribution >= 4 is 24.6 Å². The predicted octanol–water partition coefficient (Wildman–Crippen LogP) is 0.632. The topological polar surface area (TPSA) is 67.4 Å². The number of thiol groups is 1. The average molecular weight is 306 g/mol. The van der Waals surface area contributed by atoms with Crippen molar-refractivity contribution in [3.05, 3.63) is 0 Å². The third-order valence-corrected chi connectivity index (χ3v) is 2.64. The molecule has 0 radical (unpaired) electrons. The lowest BCUT2D eigenvalue weighted by molar-refractivity contribution is -0.869. The van der Waals surface area contributed by atoms with Gasteiger partial charge in [0.05, 0.1) is 34.2 Å². The maximum absolute atomic E-state index is 11.9. The number of rotatable bonds is 6. The molecule has 0 saturated heterocycles. The summed E-state index contributed by atoms with van der Waals surface area (Å²) in [5, 5.41) is 5.30. The van der Waals surface area contributed by atoms with Gasteiger partial charge in [-0.25, -0.2) is 4.79 Å². The Balaban J connectivity index is 4.25.